The number of nitrogen functional groups attached to an aromatic ring is 1. The second kappa shape index (κ2) is 5.50. The Labute approximate surface area is 104 Å². The highest BCUT2D eigenvalue weighted by Crippen LogP contribution is 2.17. The number of rotatable bonds is 5. The minimum atomic E-state index is -0.359. The molecule has 0 radical (unpaired) electrons. The lowest BCUT2D eigenvalue weighted by atomic mass is 10.3. The molecule has 0 unspecified atom stereocenters. The Morgan fingerprint density at radius 2 is 2.17 bits per heavy atom. The van der Waals surface area contributed by atoms with E-state index in [2.05, 4.69) is 4.98 Å². The maximum Gasteiger partial charge on any atom is 0.326 e. The average molecular weight is 249 g/mol. The highest BCUT2D eigenvalue weighted by atomic mass is 16.6. The number of anilines is 1. The Morgan fingerprint density at radius 1 is 1.39 bits per heavy atom. The van der Waals surface area contributed by atoms with E-state index in [0.29, 0.717) is 12.6 Å². The maximum atomic E-state index is 11.6. The number of methoxy groups -OCH3 is 1. The Kier molecular flexibility index (Phi) is 3.78. The zero-order valence-corrected chi connectivity index (χ0v) is 10.1. The first-order valence-corrected chi connectivity index (χ1v) is 5.57. The lowest BCUT2D eigenvalue weighted by Gasteiger charge is -2.06. The van der Waals surface area contributed by atoms with Crippen molar-refractivity contribution < 1.29 is 14.3 Å². The summed E-state index contributed by atoms with van der Waals surface area (Å²) in [5, 5.41) is 0. The predicted molar refractivity (Wildman–Crippen MR) is 67.0 cm³/mol. The van der Waals surface area contributed by atoms with Crippen LogP contribution in [-0.4, -0.2) is 35.8 Å². The summed E-state index contributed by atoms with van der Waals surface area (Å²) in [6.45, 7) is 0.670. The van der Waals surface area contributed by atoms with E-state index in [1.807, 2.05) is 24.3 Å². The highest BCUT2D eigenvalue weighted by Gasteiger charge is 2.11. The van der Waals surface area contributed by atoms with E-state index in [9.17, 15) is 4.79 Å². The summed E-state index contributed by atoms with van der Waals surface area (Å²) in [5.74, 6) is -0.0539. The number of hydrogen-bond donors (Lipinski definition) is 1. The fourth-order valence-electron chi connectivity index (χ4n) is 1.67. The molecule has 0 saturated heterocycles. The van der Waals surface area contributed by atoms with Crippen molar-refractivity contribution in [1.82, 2.24) is 9.55 Å². The van der Waals surface area contributed by atoms with Crippen LogP contribution in [0.4, 0.5) is 5.95 Å². The van der Waals surface area contributed by atoms with Gasteiger partial charge in [0.25, 0.3) is 0 Å². The lowest BCUT2D eigenvalue weighted by molar-refractivity contribution is -0.145. The van der Waals surface area contributed by atoms with Gasteiger partial charge in [-0.15, -0.1) is 0 Å². The van der Waals surface area contributed by atoms with Crippen molar-refractivity contribution in [2.45, 2.75) is 6.54 Å². The summed E-state index contributed by atoms with van der Waals surface area (Å²) in [6.07, 6.45) is 0. The van der Waals surface area contributed by atoms with Crippen LogP contribution < -0.4 is 5.73 Å². The molecule has 0 spiro atoms. The summed E-state index contributed by atoms with van der Waals surface area (Å²) in [6, 6.07) is 7.45. The third kappa shape index (κ3) is 2.60. The van der Waals surface area contributed by atoms with E-state index >= 15 is 0 Å². The molecule has 0 aliphatic heterocycles. The zero-order valence-electron chi connectivity index (χ0n) is 10.1. The molecule has 1 heterocycles. The molecule has 0 saturated carbocycles. The smallest absolute Gasteiger partial charge is 0.326 e. The number of hydrogen-bond acceptors (Lipinski definition) is 5. The van der Waals surface area contributed by atoms with Crippen molar-refractivity contribution >= 4 is 23.0 Å². The van der Waals surface area contributed by atoms with Crippen LogP contribution in [0, 0.1) is 0 Å². The van der Waals surface area contributed by atoms with Crippen LogP contribution in [-0.2, 0) is 20.8 Å². The molecule has 0 bridgehead atoms. The molecule has 0 fully saturated rings. The van der Waals surface area contributed by atoms with Crippen LogP contribution in [0.15, 0.2) is 24.3 Å². The predicted octanol–water partition coefficient (Wildman–Crippen LogP) is 0.808. The SMILES string of the molecule is COCCOC(=O)Cn1c(N)nc2ccccc21. The number of benzene rings is 1. The molecule has 1 aromatic heterocycles. The van der Waals surface area contributed by atoms with Gasteiger partial charge in [0, 0.05) is 7.11 Å². The third-order valence-corrected chi connectivity index (χ3v) is 2.52. The Hall–Kier alpha value is -2.08. The molecule has 2 rings (SSSR count). The summed E-state index contributed by atoms with van der Waals surface area (Å²) < 4.78 is 11.4. The standard InChI is InChI=1S/C12H15N3O3/c1-17-6-7-18-11(16)8-15-10-5-3-2-4-9(10)14-12(15)13/h2-5H,6-8H2,1H3,(H2,13,14). The van der Waals surface area contributed by atoms with Gasteiger partial charge in [-0.1, -0.05) is 12.1 Å². The first-order chi connectivity index (χ1) is 8.72. The van der Waals surface area contributed by atoms with E-state index in [0.717, 1.165) is 11.0 Å². The van der Waals surface area contributed by atoms with Crippen LogP contribution >= 0.6 is 0 Å². The van der Waals surface area contributed by atoms with Gasteiger partial charge in [-0.3, -0.25) is 9.36 Å². The average Bonchev–Trinajstić information content (AvgIpc) is 2.67. The number of para-hydroxylation sites is 2. The van der Waals surface area contributed by atoms with Gasteiger partial charge >= 0.3 is 5.97 Å². The maximum absolute atomic E-state index is 11.6. The van der Waals surface area contributed by atoms with Crippen LogP contribution in [0.25, 0.3) is 11.0 Å². The summed E-state index contributed by atoms with van der Waals surface area (Å²) in [5.41, 5.74) is 7.36. The zero-order chi connectivity index (χ0) is 13.0. The highest BCUT2D eigenvalue weighted by molar-refractivity contribution is 5.80. The van der Waals surface area contributed by atoms with Gasteiger partial charge in [0.15, 0.2) is 0 Å². The van der Waals surface area contributed by atoms with Crippen molar-refractivity contribution in [3.05, 3.63) is 24.3 Å². The number of nitrogens with two attached hydrogens (primary N) is 1. The molecule has 6 heteroatoms. The topological polar surface area (TPSA) is 79.4 Å². The second-order valence-corrected chi connectivity index (χ2v) is 3.76. The van der Waals surface area contributed by atoms with Crippen LogP contribution in [0.3, 0.4) is 0 Å². The lowest BCUT2D eigenvalue weighted by Crippen LogP contribution is -2.17. The molecule has 0 aliphatic carbocycles. The van der Waals surface area contributed by atoms with Gasteiger partial charge < -0.3 is 15.2 Å². The van der Waals surface area contributed by atoms with Crippen LogP contribution in [0.2, 0.25) is 0 Å². The molecular weight excluding hydrogens is 234 g/mol. The van der Waals surface area contributed by atoms with Crippen molar-refractivity contribution in [2.75, 3.05) is 26.1 Å². The first kappa shape index (κ1) is 12.4. The monoisotopic (exact) mass is 249 g/mol. The first-order valence-electron chi connectivity index (χ1n) is 5.57. The molecule has 6 nitrogen and oxygen atoms in total. The Balaban J connectivity index is 2.11. The van der Waals surface area contributed by atoms with Crippen molar-refractivity contribution in [3.8, 4) is 0 Å². The van der Waals surface area contributed by atoms with Crippen molar-refractivity contribution in [1.29, 1.82) is 0 Å². The van der Waals surface area contributed by atoms with Crippen molar-refractivity contribution in [2.24, 2.45) is 0 Å². The summed E-state index contributed by atoms with van der Waals surface area (Å²) >= 11 is 0. The van der Waals surface area contributed by atoms with Gasteiger partial charge in [-0.25, -0.2) is 4.98 Å². The summed E-state index contributed by atoms with van der Waals surface area (Å²) in [4.78, 5) is 15.8. The minimum absolute atomic E-state index is 0.0516. The van der Waals surface area contributed by atoms with Crippen molar-refractivity contribution in [3.63, 3.8) is 0 Å². The molecule has 2 aromatic rings. The fourth-order valence-corrected chi connectivity index (χ4v) is 1.67. The Morgan fingerprint density at radius 3 is 2.94 bits per heavy atom. The largest absolute Gasteiger partial charge is 0.462 e. The van der Waals surface area contributed by atoms with Gasteiger partial charge in [0.05, 0.1) is 17.6 Å². The molecule has 0 atom stereocenters. The Bertz CT molecular complexity index is 550. The van der Waals surface area contributed by atoms with Gasteiger partial charge in [-0.05, 0) is 12.1 Å². The number of carbonyl (C=O) groups is 1. The fraction of sp³-hybridized carbons (Fsp3) is 0.333. The van der Waals surface area contributed by atoms with Gasteiger partial charge in [0.2, 0.25) is 5.95 Å². The second-order valence-electron chi connectivity index (χ2n) is 3.76. The molecule has 0 aliphatic rings. The summed E-state index contributed by atoms with van der Waals surface area (Å²) in [7, 11) is 1.55. The van der Waals surface area contributed by atoms with Crippen LogP contribution in [0.5, 0.6) is 0 Å². The van der Waals surface area contributed by atoms with E-state index in [1.165, 1.54) is 0 Å². The number of aromatic nitrogens is 2. The molecular formula is C12H15N3O3. The molecule has 1 aromatic carbocycles. The van der Waals surface area contributed by atoms with E-state index in [-0.39, 0.29) is 19.1 Å². The molecule has 2 N–H and O–H groups in total. The normalized spacial score (nSPS) is 10.7. The quantitative estimate of drug-likeness (QED) is 0.626. The molecule has 0 amide bonds. The van der Waals surface area contributed by atoms with Gasteiger partial charge in [0.1, 0.15) is 13.2 Å². The van der Waals surface area contributed by atoms with Gasteiger partial charge in [-0.2, -0.15) is 0 Å². The van der Waals surface area contributed by atoms with E-state index < -0.39 is 0 Å². The number of imidazole rings is 1. The van der Waals surface area contributed by atoms with E-state index in [1.54, 1.807) is 11.7 Å². The number of fused-ring (bicyclic) bond motifs is 1. The number of nitrogens with zero attached hydrogens (tertiary/aromatic N) is 2. The van der Waals surface area contributed by atoms with Crippen LogP contribution in [0.1, 0.15) is 0 Å². The number of esters is 1. The minimum Gasteiger partial charge on any atom is -0.462 e. The molecule has 96 valence electrons. The number of ether oxygens (including phenoxy) is 2. The number of carbonyl (C=O) groups excluding carboxylic acids is 1. The third-order valence-electron chi connectivity index (χ3n) is 2.52. The van der Waals surface area contributed by atoms with E-state index in [4.69, 9.17) is 15.2 Å². The molecule has 18 heavy (non-hydrogen) atoms.